The molecule has 1 aliphatic rings. The van der Waals surface area contributed by atoms with E-state index in [2.05, 4.69) is 31.7 Å². The molecule has 2 aromatic heterocycles. The second-order valence-corrected chi connectivity index (χ2v) is 11.4. The van der Waals surface area contributed by atoms with Crippen molar-refractivity contribution in [2.75, 3.05) is 71.1 Å². The molecular weight excluding hydrogens is 638 g/mol. The molecule has 0 saturated carbocycles. The summed E-state index contributed by atoms with van der Waals surface area (Å²) in [6, 6.07) is 15.4. The Balaban J connectivity index is 1.51. The number of aromatic carboxylic acids is 2. The molecule has 4 rings (SSSR count). The molecule has 0 fully saturated rings. The second kappa shape index (κ2) is 18.8. The van der Waals surface area contributed by atoms with Crippen molar-refractivity contribution in [3.05, 3.63) is 89.5 Å². The monoisotopic (exact) mass is 679 g/mol. The first kappa shape index (κ1) is 36.4. The molecule has 48 heavy (non-hydrogen) atoms. The van der Waals surface area contributed by atoms with Crippen molar-refractivity contribution in [2.45, 2.75) is 20.0 Å². The second-order valence-electron chi connectivity index (χ2n) is 11.0. The molecule has 0 atom stereocenters. The van der Waals surface area contributed by atoms with E-state index in [9.17, 15) is 19.8 Å². The van der Waals surface area contributed by atoms with Gasteiger partial charge in [-0.1, -0.05) is 30.9 Å². The van der Waals surface area contributed by atoms with Gasteiger partial charge in [0.1, 0.15) is 29.6 Å². The highest BCUT2D eigenvalue weighted by Crippen LogP contribution is 2.31. The van der Waals surface area contributed by atoms with Gasteiger partial charge in [0.2, 0.25) is 0 Å². The summed E-state index contributed by atoms with van der Waals surface area (Å²) in [7, 11) is 0. The number of carboxylic acid groups (broad SMARTS) is 2. The Morgan fingerprint density at radius 3 is 1.77 bits per heavy atom. The normalized spacial score (nSPS) is 15.9. The topological polar surface area (TPSA) is 156 Å². The number of carboxylic acids is 2. The number of ether oxygens (including phenoxy) is 4. The number of carbonyl (C=O) groups is 2. The number of thiocarbonyl (C=S) groups is 1. The smallest absolute Gasteiger partial charge is 0.354 e. The molecule has 1 aliphatic heterocycles. The van der Waals surface area contributed by atoms with Gasteiger partial charge in [-0.05, 0) is 48.9 Å². The van der Waals surface area contributed by atoms with Crippen LogP contribution in [0.25, 0.3) is 0 Å². The summed E-state index contributed by atoms with van der Waals surface area (Å²) < 4.78 is 24.2. The molecular formula is C34H41N5O8S. The van der Waals surface area contributed by atoms with E-state index < -0.39 is 11.9 Å². The first-order chi connectivity index (χ1) is 23.2. The summed E-state index contributed by atoms with van der Waals surface area (Å²) in [5.74, 6) is -1.11. The minimum absolute atomic E-state index is 0.0104. The lowest BCUT2D eigenvalue weighted by Gasteiger charge is -2.24. The fourth-order valence-electron chi connectivity index (χ4n) is 4.71. The Bertz CT molecular complexity index is 1570. The Kier molecular flexibility index (Phi) is 14.2. The fraction of sp³-hybridized carbons (Fsp3) is 0.382. The van der Waals surface area contributed by atoms with E-state index in [1.807, 2.05) is 25.1 Å². The molecule has 0 radical (unpaired) electrons. The van der Waals surface area contributed by atoms with Gasteiger partial charge in [-0.15, -0.1) is 0 Å². The van der Waals surface area contributed by atoms with Crippen LogP contribution in [-0.2, 0) is 22.6 Å². The summed E-state index contributed by atoms with van der Waals surface area (Å²) in [5.41, 5.74) is 2.67. The third kappa shape index (κ3) is 12.0. The van der Waals surface area contributed by atoms with Crippen molar-refractivity contribution >= 4 is 34.8 Å². The summed E-state index contributed by atoms with van der Waals surface area (Å²) in [4.78, 5) is 36.1. The number of nitrogens with one attached hydrogen (secondary N) is 1. The average Bonchev–Trinajstić information content (AvgIpc) is 3.06. The van der Waals surface area contributed by atoms with Crippen molar-refractivity contribution < 1.29 is 38.7 Å². The standard InChI is InChI=1S/C34H41N5O8S/c1-24(2)32(48)37-25-9-10-30-31(21-25)47-18-14-39(23-27-6-4-8-29(36-27)34(42)43)12-16-45-20-19-44-15-11-38(13-17-46-30)22-26-5-3-7-28(35-26)33(40)41/h3-10,21H,1,11-20,22-23H2,2H3,(H,37,48)(H,40,41)(H,42,43). The van der Waals surface area contributed by atoms with E-state index in [1.165, 1.54) is 12.1 Å². The number of anilines is 1. The molecule has 0 aliphatic carbocycles. The number of hydrogen-bond donors (Lipinski definition) is 3. The molecule has 0 unspecified atom stereocenters. The highest BCUT2D eigenvalue weighted by atomic mass is 32.1. The molecule has 1 aromatic carbocycles. The fourth-order valence-corrected chi connectivity index (χ4v) is 4.82. The molecule has 3 heterocycles. The van der Waals surface area contributed by atoms with E-state index in [0.717, 1.165) is 11.3 Å². The Morgan fingerprint density at radius 1 is 0.771 bits per heavy atom. The highest BCUT2D eigenvalue weighted by molar-refractivity contribution is 7.81. The van der Waals surface area contributed by atoms with Gasteiger partial charge in [-0.3, -0.25) is 9.80 Å². The maximum absolute atomic E-state index is 11.5. The predicted molar refractivity (Wildman–Crippen MR) is 183 cm³/mol. The zero-order chi connectivity index (χ0) is 34.3. The van der Waals surface area contributed by atoms with E-state index in [1.54, 1.807) is 24.3 Å². The van der Waals surface area contributed by atoms with Crippen LogP contribution in [0.3, 0.4) is 0 Å². The number of nitrogens with zero attached hydrogens (tertiary/aromatic N) is 4. The van der Waals surface area contributed by atoms with Crippen molar-refractivity contribution in [1.82, 2.24) is 19.8 Å². The van der Waals surface area contributed by atoms with E-state index >= 15 is 0 Å². The minimum atomic E-state index is -1.08. The largest absolute Gasteiger partial charge is 0.488 e. The maximum Gasteiger partial charge on any atom is 0.354 e. The Hall–Kier alpha value is -4.47. The van der Waals surface area contributed by atoms with Gasteiger partial charge in [-0.2, -0.15) is 0 Å². The summed E-state index contributed by atoms with van der Waals surface area (Å²) in [6.07, 6.45) is 0. The Labute approximate surface area is 285 Å². The van der Waals surface area contributed by atoms with Crippen LogP contribution in [0.2, 0.25) is 0 Å². The van der Waals surface area contributed by atoms with Crippen molar-refractivity contribution in [3.8, 4) is 11.5 Å². The maximum atomic E-state index is 11.5. The molecule has 0 saturated heterocycles. The van der Waals surface area contributed by atoms with Crippen LogP contribution in [0.15, 0.2) is 66.7 Å². The van der Waals surface area contributed by atoms with Crippen LogP contribution in [0, 0.1) is 0 Å². The van der Waals surface area contributed by atoms with E-state index in [4.69, 9.17) is 31.2 Å². The van der Waals surface area contributed by atoms with Crippen LogP contribution < -0.4 is 14.8 Å². The first-order valence-electron chi connectivity index (χ1n) is 15.5. The van der Waals surface area contributed by atoms with Crippen molar-refractivity contribution in [3.63, 3.8) is 0 Å². The number of fused-ring (bicyclic) bond motifs is 1. The van der Waals surface area contributed by atoms with Gasteiger partial charge in [0, 0.05) is 51.0 Å². The lowest BCUT2D eigenvalue weighted by atomic mass is 10.2. The number of benzene rings is 1. The van der Waals surface area contributed by atoms with Gasteiger partial charge in [0.25, 0.3) is 0 Å². The quantitative estimate of drug-likeness (QED) is 0.232. The number of aromatic nitrogens is 2. The molecule has 256 valence electrons. The summed E-state index contributed by atoms with van der Waals surface area (Å²) >= 11 is 5.40. The van der Waals surface area contributed by atoms with Gasteiger partial charge >= 0.3 is 11.9 Å². The minimum Gasteiger partial charge on any atom is -0.488 e. The SMILES string of the molecule is C=C(C)C(=S)Nc1ccc2c(c1)OCCN(Cc1cccc(C(=O)O)n1)CCOCCOCCN(Cc1cccc(C(=O)O)n1)CCO2. The van der Waals surface area contributed by atoms with Gasteiger partial charge in [0.15, 0.2) is 11.5 Å². The van der Waals surface area contributed by atoms with Crippen molar-refractivity contribution in [1.29, 1.82) is 0 Å². The zero-order valence-electron chi connectivity index (χ0n) is 26.9. The molecule has 3 aromatic rings. The van der Waals surface area contributed by atoms with Crippen LogP contribution in [-0.4, -0.2) is 113 Å². The summed E-state index contributed by atoms with van der Waals surface area (Å²) in [6.45, 7) is 10.9. The Morgan fingerprint density at radius 2 is 1.27 bits per heavy atom. The van der Waals surface area contributed by atoms with Gasteiger partial charge in [0.05, 0.1) is 37.8 Å². The third-order valence-electron chi connectivity index (χ3n) is 7.22. The average molecular weight is 680 g/mol. The third-order valence-corrected chi connectivity index (χ3v) is 7.67. The number of pyridine rings is 2. The highest BCUT2D eigenvalue weighted by Gasteiger charge is 2.15. The predicted octanol–water partition coefficient (Wildman–Crippen LogP) is 4.00. The lowest BCUT2D eigenvalue weighted by molar-refractivity contribution is 0.0268. The zero-order valence-corrected chi connectivity index (χ0v) is 27.7. The van der Waals surface area contributed by atoms with Crippen LogP contribution in [0.5, 0.6) is 11.5 Å². The van der Waals surface area contributed by atoms with Crippen LogP contribution >= 0.6 is 12.2 Å². The van der Waals surface area contributed by atoms with Gasteiger partial charge in [-0.25, -0.2) is 19.6 Å². The number of rotatable bonds is 8. The van der Waals surface area contributed by atoms with Crippen LogP contribution in [0.4, 0.5) is 5.69 Å². The van der Waals surface area contributed by atoms with Crippen molar-refractivity contribution in [2.24, 2.45) is 0 Å². The van der Waals surface area contributed by atoms with Crippen LogP contribution in [0.1, 0.15) is 39.3 Å². The lowest BCUT2D eigenvalue weighted by Crippen LogP contribution is -2.33. The molecule has 3 N–H and O–H groups in total. The van der Waals surface area contributed by atoms with E-state index in [0.29, 0.717) is 107 Å². The summed E-state index contributed by atoms with van der Waals surface area (Å²) in [5, 5.41) is 21.9. The molecule has 0 bridgehead atoms. The number of hydrogen-bond acceptors (Lipinski definition) is 11. The first-order valence-corrected chi connectivity index (χ1v) is 15.9. The van der Waals surface area contributed by atoms with E-state index in [-0.39, 0.29) is 11.4 Å². The molecule has 13 nitrogen and oxygen atoms in total. The van der Waals surface area contributed by atoms with Gasteiger partial charge < -0.3 is 34.5 Å². The molecule has 0 amide bonds. The molecule has 14 heteroatoms. The molecule has 0 spiro atoms.